The number of aromatic nitrogens is 2. The summed E-state index contributed by atoms with van der Waals surface area (Å²) in [6.45, 7) is 5.46. The predicted octanol–water partition coefficient (Wildman–Crippen LogP) is 3.57. The second-order valence-corrected chi connectivity index (χ2v) is 10.5. The Bertz CT molecular complexity index is 1130. The third-order valence-corrected chi connectivity index (χ3v) is 8.31. The van der Waals surface area contributed by atoms with Crippen molar-refractivity contribution < 1.29 is 14.3 Å². The number of hydrogen-bond donors (Lipinski definition) is 0. The van der Waals surface area contributed by atoms with Crippen LogP contribution in [-0.2, 0) is 17.6 Å². The molecule has 2 aliphatic heterocycles. The summed E-state index contributed by atoms with van der Waals surface area (Å²) in [6, 6.07) is 4.49. The first kappa shape index (κ1) is 25.0. The fourth-order valence-corrected chi connectivity index (χ4v) is 5.60. The van der Waals surface area contributed by atoms with Crippen molar-refractivity contribution in [3.63, 3.8) is 0 Å². The Balaban J connectivity index is 1.20. The summed E-state index contributed by atoms with van der Waals surface area (Å²) in [4.78, 5) is 29.5. The maximum Gasteiger partial charge on any atom is 0.246 e. The molecule has 1 amide bonds. The van der Waals surface area contributed by atoms with E-state index >= 15 is 0 Å². The number of carbonyl (C=O) groups excluding carboxylic acids is 1. The minimum Gasteiger partial charge on any atom is -0.493 e. The monoisotopic (exact) mass is 555 g/mol. The molecule has 9 heteroatoms. The highest BCUT2D eigenvalue weighted by Gasteiger charge is 2.29. The molecule has 5 rings (SSSR count). The van der Waals surface area contributed by atoms with Gasteiger partial charge in [-0.3, -0.25) is 9.69 Å². The SMILES string of the molecule is COc1cc(Br)c(/C=C/C(=O)N2CCc3cnc(N4CCN(C5CCC5)CC4)nc3CC2)cc1OC. The molecule has 8 nitrogen and oxygen atoms in total. The van der Waals surface area contributed by atoms with Gasteiger partial charge in [0.05, 0.1) is 19.9 Å². The summed E-state index contributed by atoms with van der Waals surface area (Å²) in [5, 5.41) is 0. The average molecular weight is 557 g/mol. The Hall–Kier alpha value is -2.65. The molecule has 0 spiro atoms. The van der Waals surface area contributed by atoms with Gasteiger partial charge in [-0.25, -0.2) is 9.97 Å². The van der Waals surface area contributed by atoms with E-state index in [9.17, 15) is 4.79 Å². The predicted molar refractivity (Wildman–Crippen MR) is 144 cm³/mol. The Morgan fingerprint density at radius 3 is 2.44 bits per heavy atom. The summed E-state index contributed by atoms with van der Waals surface area (Å²) < 4.78 is 11.6. The van der Waals surface area contributed by atoms with Gasteiger partial charge in [0.25, 0.3) is 0 Å². The van der Waals surface area contributed by atoms with E-state index in [0.29, 0.717) is 24.6 Å². The van der Waals surface area contributed by atoms with Gasteiger partial charge in [0.2, 0.25) is 11.9 Å². The maximum absolute atomic E-state index is 13.0. The number of piperazine rings is 1. The van der Waals surface area contributed by atoms with Crippen LogP contribution in [0.1, 0.15) is 36.1 Å². The molecule has 0 atom stereocenters. The molecule has 0 radical (unpaired) electrons. The van der Waals surface area contributed by atoms with Crippen LogP contribution in [0.5, 0.6) is 11.5 Å². The van der Waals surface area contributed by atoms with Crippen molar-refractivity contribution in [2.45, 2.75) is 38.1 Å². The summed E-state index contributed by atoms with van der Waals surface area (Å²) in [7, 11) is 3.20. The van der Waals surface area contributed by atoms with E-state index in [2.05, 4.69) is 25.7 Å². The number of methoxy groups -OCH3 is 2. The van der Waals surface area contributed by atoms with Crippen LogP contribution in [0.15, 0.2) is 28.9 Å². The van der Waals surface area contributed by atoms with Gasteiger partial charge >= 0.3 is 0 Å². The van der Waals surface area contributed by atoms with Gasteiger partial charge in [0.15, 0.2) is 11.5 Å². The number of anilines is 1. The zero-order chi connectivity index (χ0) is 25.1. The van der Waals surface area contributed by atoms with Crippen molar-refractivity contribution in [2.75, 3.05) is 58.4 Å². The Kier molecular flexibility index (Phi) is 7.76. The van der Waals surface area contributed by atoms with E-state index in [1.165, 1.54) is 19.3 Å². The number of benzene rings is 1. The van der Waals surface area contributed by atoms with Crippen LogP contribution in [0.4, 0.5) is 5.95 Å². The average Bonchev–Trinajstić information content (AvgIpc) is 3.09. The third kappa shape index (κ3) is 5.37. The van der Waals surface area contributed by atoms with Crippen LogP contribution in [-0.4, -0.2) is 85.2 Å². The highest BCUT2D eigenvalue weighted by atomic mass is 79.9. The molecule has 1 aromatic heterocycles. The van der Waals surface area contributed by atoms with Gasteiger partial charge < -0.3 is 19.3 Å². The lowest BCUT2D eigenvalue weighted by Crippen LogP contribution is -2.52. The van der Waals surface area contributed by atoms with E-state index in [-0.39, 0.29) is 5.91 Å². The lowest BCUT2D eigenvalue weighted by atomic mass is 9.91. The van der Waals surface area contributed by atoms with Crippen LogP contribution in [0.2, 0.25) is 0 Å². The summed E-state index contributed by atoms with van der Waals surface area (Å²) in [5.74, 6) is 2.08. The second-order valence-electron chi connectivity index (χ2n) is 9.64. The maximum atomic E-state index is 13.0. The molecule has 0 N–H and O–H groups in total. The second kappa shape index (κ2) is 11.2. The molecule has 2 aromatic rings. The van der Waals surface area contributed by atoms with Crippen molar-refractivity contribution in [2.24, 2.45) is 0 Å². The molecule has 0 bridgehead atoms. The minimum absolute atomic E-state index is 0.00945. The molecular formula is C27H34BrN5O3. The number of hydrogen-bond acceptors (Lipinski definition) is 7. The van der Waals surface area contributed by atoms with Gasteiger partial charge in [-0.1, -0.05) is 22.4 Å². The van der Waals surface area contributed by atoms with E-state index < -0.39 is 0 Å². The zero-order valence-electron chi connectivity index (χ0n) is 21.1. The molecule has 1 saturated heterocycles. The van der Waals surface area contributed by atoms with Crippen LogP contribution in [0.25, 0.3) is 6.08 Å². The molecule has 1 aromatic carbocycles. The highest BCUT2D eigenvalue weighted by molar-refractivity contribution is 9.10. The first-order valence-corrected chi connectivity index (χ1v) is 13.6. The fraction of sp³-hybridized carbons (Fsp3) is 0.519. The number of fused-ring (bicyclic) bond motifs is 1. The summed E-state index contributed by atoms with van der Waals surface area (Å²) in [5.41, 5.74) is 3.07. The van der Waals surface area contributed by atoms with E-state index in [4.69, 9.17) is 19.4 Å². The Morgan fingerprint density at radius 1 is 1.03 bits per heavy atom. The lowest BCUT2D eigenvalue weighted by Gasteiger charge is -2.43. The molecule has 2 fully saturated rings. The largest absolute Gasteiger partial charge is 0.493 e. The number of carbonyl (C=O) groups is 1. The summed E-state index contributed by atoms with van der Waals surface area (Å²) in [6.07, 6.45) is 11.0. The van der Waals surface area contributed by atoms with Crippen molar-refractivity contribution in [1.29, 1.82) is 0 Å². The van der Waals surface area contributed by atoms with E-state index in [1.807, 2.05) is 29.3 Å². The fourth-order valence-electron chi connectivity index (χ4n) is 5.14. The van der Waals surface area contributed by atoms with Crippen molar-refractivity contribution in [3.8, 4) is 11.5 Å². The van der Waals surface area contributed by atoms with Crippen LogP contribution in [0, 0.1) is 0 Å². The van der Waals surface area contributed by atoms with Crippen LogP contribution >= 0.6 is 15.9 Å². The molecule has 0 unspecified atom stereocenters. The summed E-state index contributed by atoms with van der Waals surface area (Å²) >= 11 is 3.55. The normalized spacial score (nSPS) is 19.1. The van der Waals surface area contributed by atoms with Crippen LogP contribution < -0.4 is 14.4 Å². The van der Waals surface area contributed by atoms with Gasteiger partial charge in [0.1, 0.15) is 0 Å². The first-order chi connectivity index (χ1) is 17.6. The first-order valence-electron chi connectivity index (χ1n) is 12.8. The molecule has 1 saturated carbocycles. The number of halogens is 1. The Morgan fingerprint density at radius 2 is 1.75 bits per heavy atom. The van der Waals surface area contributed by atoms with Crippen molar-refractivity contribution >= 4 is 33.9 Å². The Labute approximate surface area is 221 Å². The number of nitrogens with zero attached hydrogens (tertiary/aromatic N) is 5. The number of rotatable bonds is 6. The lowest BCUT2D eigenvalue weighted by molar-refractivity contribution is -0.125. The van der Waals surface area contributed by atoms with Gasteiger partial charge in [-0.15, -0.1) is 0 Å². The van der Waals surface area contributed by atoms with Gasteiger partial charge in [0, 0.05) is 68.5 Å². The number of ether oxygens (including phenoxy) is 2. The molecular weight excluding hydrogens is 522 g/mol. The molecule has 1 aliphatic carbocycles. The molecule has 36 heavy (non-hydrogen) atoms. The van der Waals surface area contributed by atoms with Crippen molar-refractivity contribution in [3.05, 3.63) is 45.7 Å². The van der Waals surface area contributed by atoms with Gasteiger partial charge in [-0.05, 0) is 48.6 Å². The minimum atomic E-state index is -0.00945. The number of amides is 1. The molecule has 3 aliphatic rings. The van der Waals surface area contributed by atoms with Gasteiger partial charge in [-0.2, -0.15) is 0 Å². The van der Waals surface area contributed by atoms with E-state index in [0.717, 1.165) is 72.3 Å². The van der Waals surface area contributed by atoms with Crippen LogP contribution in [0.3, 0.4) is 0 Å². The topological polar surface area (TPSA) is 71.0 Å². The highest BCUT2D eigenvalue weighted by Crippen LogP contribution is 2.34. The third-order valence-electron chi connectivity index (χ3n) is 7.62. The standard InChI is InChI=1S/C27H34BrN5O3/c1-35-24-16-19(22(28)17-25(24)36-2)6-7-26(34)32-10-8-20-18-29-27(30-23(20)9-11-32)33-14-12-31(13-15-33)21-4-3-5-21/h6-7,16-18,21H,3-5,8-15H2,1-2H3/b7-6+. The molecule has 3 heterocycles. The zero-order valence-corrected chi connectivity index (χ0v) is 22.7. The smallest absolute Gasteiger partial charge is 0.246 e. The van der Waals surface area contributed by atoms with E-state index in [1.54, 1.807) is 20.3 Å². The molecule has 192 valence electrons. The van der Waals surface area contributed by atoms with Crippen molar-refractivity contribution in [1.82, 2.24) is 19.8 Å². The quantitative estimate of drug-likeness (QED) is 0.504.